The maximum absolute atomic E-state index is 12.7. The molecule has 0 aliphatic rings. The van der Waals surface area contributed by atoms with Crippen LogP contribution in [0.2, 0.25) is 0 Å². The van der Waals surface area contributed by atoms with Gasteiger partial charge in [0.05, 0.1) is 5.75 Å². The lowest BCUT2D eigenvalue weighted by Gasteiger charge is -2.08. The van der Waals surface area contributed by atoms with Crippen molar-refractivity contribution in [2.75, 3.05) is 5.32 Å². The second kappa shape index (κ2) is 10.2. The first-order valence-corrected chi connectivity index (χ1v) is 12.1. The number of amides is 1. The quantitative estimate of drug-likeness (QED) is 0.254. The number of anilines is 1. The molecule has 0 radical (unpaired) electrons. The van der Waals surface area contributed by atoms with Gasteiger partial charge in [-0.25, -0.2) is 4.68 Å². The Balaban J connectivity index is 1.61. The van der Waals surface area contributed by atoms with Crippen LogP contribution in [0, 0.1) is 25.5 Å². The number of carbonyl (C=O) groups excluding carboxylic acids is 1. The van der Waals surface area contributed by atoms with Crippen LogP contribution < -0.4 is 5.32 Å². The first-order valence-electron chi connectivity index (χ1n) is 10.7. The predicted octanol–water partition coefficient (Wildman–Crippen LogP) is 6.26. The highest BCUT2D eigenvalue weighted by molar-refractivity contribution is 7.98. The molecule has 0 saturated heterocycles. The Hall–Kier alpha value is -3.16. The number of benzene rings is 3. The summed E-state index contributed by atoms with van der Waals surface area (Å²) in [5.41, 5.74) is 5.21. The number of aromatic nitrogens is 3. The third kappa shape index (κ3) is 5.80. The minimum absolute atomic E-state index is 0.0493. The Kier molecular flexibility index (Phi) is 7.11. The Morgan fingerprint density at radius 3 is 2.27 bits per heavy atom. The zero-order valence-corrected chi connectivity index (χ0v) is 20.5. The van der Waals surface area contributed by atoms with E-state index in [4.69, 9.17) is 17.3 Å². The molecule has 0 aliphatic carbocycles. The van der Waals surface area contributed by atoms with E-state index >= 15 is 0 Å². The van der Waals surface area contributed by atoms with Crippen molar-refractivity contribution >= 4 is 35.6 Å². The van der Waals surface area contributed by atoms with Crippen molar-refractivity contribution in [2.45, 2.75) is 38.0 Å². The normalized spacial score (nSPS) is 10.9. The molecule has 33 heavy (non-hydrogen) atoms. The Labute approximate surface area is 203 Å². The van der Waals surface area contributed by atoms with Gasteiger partial charge in [0, 0.05) is 16.3 Å². The maximum atomic E-state index is 12.7. The van der Waals surface area contributed by atoms with E-state index < -0.39 is 0 Å². The highest BCUT2D eigenvalue weighted by Gasteiger charge is 2.15. The molecule has 168 valence electrons. The number of aryl methyl sites for hydroxylation is 3. The largest absolute Gasteiger partial charge is 0.324 e. The summed E-state index contributed by atoms with van der Waals surface area (Å²) in [5, 5.41) is 7.66. The Bertz CT molecular complexity index is 1320. The van der Waals surface area contributed by atoms with Crippen molar-refractivity contribution in [3.63, 3.8) is 0 Å². The molecule has 0 unspecified atom stereocenters. The average molecular weight is 475 g/mol. The average Bonchev–Trinajstić information content (AvgIpc) is 3.10. The molecular weight excluding hydrogens is 448 g/mol. The van der Waals surface area contributed by atoms with E-state index in [-0.39, 0.29) is 12.5 Å². The van der Waals surface area contributed by atoms with E-state index in [0.717, 1.165) is 33.2 Å². The molecule has 7 heteroatoms. The van der Waals surface area contributed by atoms with Crippen molar-refractivity contribution in [3.05, 3.63) is 100 Å². The number of carbonyl (C=O) groups is 1. The van der Waals surface area contributed by atoms with Crippen LogP contribution in [-0.4, -0.2) is 20.3 Å². The van der Waals surface area contributed by atoms with Crippen molar-refractivity contribution < 1.29 is 4.79 Å². The lowest BCUT2D eigenvalue weighted by Crippen LogP contribution is -2.19. The summed E-state index contributed by atoms with van der Waals surface area (Å²) >= 11 is 7.46. The molecule has 0 aliphatic heterocycles. The van der Waals surface area contributed by atoms with Gasteiger partial charge in [-0.15, -0.1) is 11.8 Å². The van der Waals surface area contributed by atoms with E-state index in [2.05, 4.69) is 42.6 Å². The molecule has 4 aromatic rings. The minimum atomic E-state index is -0.165. The van der Waals surface area contributed by atoms with Gasteiger partial charge in [-0.05, 0) is 75.0 Å². The Morgan fingerprint density at radius 2 is 1.61 bits per heavy atom. The van der Waals surface area contributed by atoms with E-state index in [1.54, 1.807) is 16.4 Å². The van der Waals surface area contributed by atoms with Crippen LogP contribution in [-0.2, 0) is 17.1 Å². The van der Waals surface area contributed by atoms with Gasteiger partial charge in [0.15, 0.2) is 0 Å². The van der Waals surface area contributed by atoms with E-state index in [0.29, 0.717) is 10.5 Å². The first-order chi connectivity index (χ1) is 15.9. The zero-order chi connectivity index (χ0) is 23.4. The molecule has 1 heterocycles. The summed E-state index contributed by atoms with van der Waals surface area (Å²) < 4.78 is 4.06. The van der Waals surface area contributed by atoms with Gasteiger partial charge in [-0.3, -0.25) is 9.36 Å². The molecule has 0 spiro atoms. The van der Waals surface area contributed by atoms with Crippen LogP contribution in [0.15, 0.2) is 77.7 Å². The van der Waals surface area contributed by atoms with Crippen LogP contribution in [0.4, 0.5) is 5.69 Å². The van der Waals surface area contributed by atoms with Crippen molar-refractivity contribution in [2.24, 2.45) is 0 Å². The molecule has 1 amide bonds. The first kappa shape index (κ1) is 23.0. The summed E-state index contributed by atoms with van der Waals surface area (Å²) in [6.07, 6.45) is 0. The van der Waals surface area contributed by atoms with Gasteiger partial charge in [0.1, 0.15) is 12.4 Å². The summed E-state index contributed by atoms with van der Waals surface area (Å²) in [5.74, 6) is 1.27. The number of nitrogens with zero attached hydrogens (tertiary/aromatic N) is 3. The van der Waals surface area contributed by atoms with Gasteiger partial charge in [-0.1, -0.05) is 47.5 Å². The number of thioether (sulfide) groups is 1. The lowest BCUT2D eigenvalue weighted by molar-refractivity contribution is -0.116. The van der Waals surface area contributed by atoms with Crippen LogP contribution >= 0.6 is 24.0 Å². The smallest absolute Gasteiger partial charge is 0.246 e. The summed E-state index contributed by atoms with van der Waals surface area (Å²) in [6, 6.07) is 24.3. The van der Waals surface area contributed by atoms with Crippen molar-refractivity contribution in [3.8, 4) is 5.69 Å². The topological polar surface area (TPSA) is 51.9 Å². The van der Waals surface area contributed by atoms with E-state index in [1.807, 2.05) is 60.9 Å². The van der Waals surface area contributed by atoms with Crippen LogP contribution in [0.25, 0.3) is 5.69 Å². The molecule has 4 rings (SSSR count). The third-order valence-electron chi connectivity index (χ3n) is 5.18. The Morgan fingerprint density at radius 1 is 0.939 bits per heavy atom. The fourth-order valence-electron chi connectivity index (χ4n) is 3.43. The SMILES string of the molecule is Cc1ccc(NC(=O)Cn2nc(CSc3ccc(C)cc3)n(-c3cccc(C)c3)c2=S)cc1. The number of nitrogens with one attached hydrogen (secondary N) is 1. The second-order valence-electron chi connectivity index (χ2n) is 8.05. The van der Waals surface area contributed by atoms with E-state index in [1.165, 1.54) is 5.56 Å². The van der Waals surface area contributed by atoms with Crippen molar-refractivity contribution in [1.82, 2.24) is 14.3 Å². The summed E-state index contributed by atoms with van der Waals surface area (Å²) in [7, 11) is 0. The fraction of sp³-hybridized carbons (Fsp3) is 0.192. The second-order valence-corrected chi connectivity index (χ2v) is 9.46. The lowest BCUT2D eigenvalue weighted by atomic mass is 10.2. The molecule has 3 aromatic carbocycles. The minimum Gasteiger partial charge on any atom is -0.324 e. The van der Waals surface area contributed by atoms with Crippen molar-refractivity contribution in [1.29, 1.82) is 0 Å². The van der Waals surface area contributed by atoms with Crippen LogP contribution in [0.5, 0.6) is 0 Å². The fourth-order valence-corrected chi connectivity index (χ4v) is 4.56. The maximum Gasteiger partial charge on any atom is 0.246 e. The molecule has 0 bridgehead atoms. The van der Waals surface area contributed by atoms with Crippen LogP contribution in [0.1, 0.15) is 22.5 Å². The zero-order valence-electron chi connectivity index (χ0n) is 18.9. The monoisotopic (exact) mass is 474 g/mol. The molecule has 5 nitrogen and oxygen atoms in total. The third-order valence-corrected chi connectivity index (χ3v) is 6.59. The summed E-state index contributed by atoms with van der Waals surface area (Å²) in [6.45, 7) is 6.19. The number of rotatable bonds is 7. The van der Waals surface area contributed by atoms with Gasteiger partial charge >= 0.3 is 0 Å². The molecule has 0 saturated carbocycles. The van der Waals surface area contributed by atoms with E-state index in [9.17, 15) is 4.79 Å². The van der Waals surface area contributed by atoms with Gasteiger partial charge in [0.25, 0.3) is 0 Å². The number of hydrogen-bond donors (Lipinski definition) is 1. The number of hydrogen-bond acceptors (Lipinski definition) is 4. The standard InChI is InChI=1S/C26H26N4OS2/c1-18-7-11-21(12-8-18)27-25(31)16-29-26(32)30(22-6-4-5-20(3)15-22)24(28-29)17-33-23-13-9-19(2)10-14-23/h4-15H,16-17H2,1-3H3,(H,27,31). The highest BCUT2D eigenvalue weighted by Crippen LogP contribution is 2.25. The molecular formula is C26H26N4OS2. The molecule has 0 atom stereocenters. The highest BCUT2D eigenvalue weighted by atomic mass is 32.2. The van der Waals surface area contributed by atoms with Crippen LogP contribution in [0.3, 0.4) is 0 Å². The van der Waals surface area contributed by atoms with Gasteiger partial charge in [-0.2, -0.15) is 5.10 Å². The summed E-state index contributed by atoms with van der Waals surface area (Å²) in [4.78, 5) is 13.9. The molecule has 0 fully saturated rings. The van der Waals surface area contributed by atoms with Gasteiger partial charge in [0.2, 0.25) is 10.7 Å². The van der Waals surface area contributed by atoms with Gasteiger partial charge < -0.3 is 5.32 Å². The predicted molar refractivity (Wildman–Crippen MR) is 138 cm³/mol. The molecule has 1 N–H and O–H groups in total. The molecule has 1 aromatic heterocycles.